The minimum Gasteiger partial charge on any atom is -0.486 e. The molecule has 4 rings (SSSR count). The number of carbonyl (C=O) groups is 1. The van der Waals surface area contributed by atoms with Crippen LogP contribution in [0.5, 0.6) is 11.5 Å². The van der Waals surface area contributed by atoms with Crippen LogP contribution in [0.4, 0.5) is 0 Å². The maximum absolute atomic E-state index is 12.5. The van der Waals surface area contributed by atoms with Crippen molar-refractivity contribution in [1.29, 1.82) is 0 Å². The highest BCUT2D eigenvalue weighted by Crippen LogP contribution is 2.31. The van der Waals surface area contributed by atoms with Gasteiger partial charge in [0.1, 0.15) is 17.6 Å². The van der Waals surface area contributed by atoms with Gasteiger partial charge < -0.3 is 14.8 Å². The van der Waals surface area contributed by atoms with Gasteiger partial charge in [-0.15, -0.1) is 0 Å². The summed E-state index contributed by atoms with van der Waals surface area (Å²) in [7, 11) is -3.73. The second-order valence-corrected chi connectivity index (χ2v) is 8.26. The number of para-hydroxylation sites is 2. The molecule has 0 bridgehead atoms. The fraction of sp³-hybridized carbons (Fsp3) is 0.316. The highest BCUT2D eigenvalue weighted by molar-refractivity contribution is 7.90. The Morgan fingerprint density at radius 3 is 2.63 bits per heavy atom. The summed E-state index contributed by atoms with van der Waals surface area (Å²) in [4.78, 5) is 12.4. The number of carbonyl (C=O) groups excluding carboxylic acids is 1. The Kier molecular flexibility index (Phi) is 4.75. The van der Waals surface area contributed by atoms with Gasteiger partial charge in [0.05, 0.1) is 5.56 Å². The first kappa shape index (κ1) is 17.8. The number of sulfonamides is 1. The van der Waals surface area contributed by atoms with Crippen molar-refractivity contribution in [3.05, 3.63) is 54.1 Å². The van der Waals surface area contributed by atoms with E-state index in [0.717, 1.165) is 15.8 Å². The number of amides is 1. The number of fused-ring (bicyclic) bond motifs is 2. The maximum Gasteiger partial charge on any atom is 0.269 e. The molecule has 0 aliphatic carbocycles. The van der Waals surface area contributed by atoms with Gasteiger partial charge in [0.15, 0.2) is 11.5 Å². The first-order chi connectivity index (χ1) is 13.1. The van der Waals surface area contributed by atoms with Crippen LogP contribution in [0.2, 0.25) is 0 Å². The van der Waals surface area contributed by atoms with Gasteiger partial charge >= 0.3 is 0 Å². The minimum absolute atomic E-state index is 0.0920. The summed E-state index contributed by atoms with van der Waals surface area (Å²) in [6, 6.07) is 13.8. The van der Waals surface area contributed by atoms with Crippen LogP contribution in [-0.2, 0) is 10.0 Å². The molecule has 1 amide bonds. The molecule has 2 aromatic carbocycles. The Balaban J connectivity index is 1.25. The van der Waals surface area contributed by atoms with Crippen molar-refractivity contribution in [3.8, 4) is 11.5 Å². The van der Waals surface area contributed by atoms with Gasteiger partial charge in [0.25, 0.3) is 15.9 Å². The smallest absolute Gasteiger partial charge is 0.269 e. The lowest BCUT2D eigenvalue weighted by Crippen LogP contribution is -2.39. The zero-order valence-electron chi connectivity index (χ0n) is 14.6. The average Bonchev–Trinajstić information content (AvgIpc) is 2.88. The second kappa shape index (κ2) is 7.21. The third kappa shape index (κ3) is 3.38. The quantitative estimate of drug-likeness (QED) is 0.758. The van der Waals surface area contributed by atoms with Crippen LogP contribution in [0.3, 0.4) is 0 Å². The van der Waals surface area contributed by atoms with Crippen molar-refractivity contribution in [2.75, 3.05) is 26.2 Å². The largest absolute Gasteiger partial charge is 0.486 e. The van der Waals surface area contributed by atoms with Crippen LogP contribution in [0.1, 0.15) is 16.8 Å². The number of nitrogens with zero attached hydrogens (tertiary/aromatic N) is 1. The summed E-state index contributed by atoms with van der Waals surface area (Å²) in [6.07, 6.45) is 0.407. The van der Waals surface area contributed by atoms with Crippen molar-refractivity contribution >= 4 is 15.9 Å². The van der Waals surface area contributed by atoms with Gasteiger partial charge in [-0.3, -0.25) is 4.79 Å². The molecule has 2 aliphatic heterocycles. The summed E-state index contributed by atoms with van der Waals surface area (Å²) in [5.74, 6) is 1.01. The van der Waals surface area contributed by atoms with E-state index in [1.807, 2.05) is 24.3 Å². The molecule has 2 aromatic rings. The molecule has 1 atom stereocenters. The Morgan fingerprint density at radius 2 is 1.81 bits per heavy atom. The summed E-state index contributed by atoms with van der Waals surface area (Å²) in [5, 5.41) is 3.24. The van der Waals surface area contributed by atoms with Crippen molar-refractivity contribution in [2.45, 2.75) is 17.4 Å². The highest BCUT2D eigenvalue weighted by atomic mass is 32.2. The number of nitrogens with one attached hydrogen (secondary N) is 1. The molecule has 0 saturated heterocycles. The number of hydrogen-bond acceptors (Lipinski definition) is 6. The van der Waals surface area contributed by atoms with Gasteiger partial charge in [-0.05, 0) is 37.2 Å². The monoisotopic (exact) mass is 388 g/mol. The van der Waals surface area contributed by atoms with Gasteiger partial charge in [0.2, 0.25) is 0 Å². The van der Waals surface area contributed by atoms with Crippen molar-refractivity contribution < 1.29 is 22.7 Å². The van der Waals surface area contributed by atoms with Crippen molar-refractivity contribution in [1.82, 2.24) is 9.62 Å². The van der Waals surface area contributed by atoms with Gasteiger partial charge in [0, 0.05) is 13.1 Å². The lowest BCUT2D eigenvalue weighted by molar-refractivity contribution is 0.0862. The standard InChI is InChI=1S/C19H20N2O5S/c22-19-15-6-1-4-9-18(15)27(23,24)21(19)11-5-10-20-12-14-13-25-16-7-2-3-8-17(16)26-14/h1-4,6-9,14,20H,5,10-13H2. The average molecular weight is 388 g/mol. The van der Waals surface area contributed by atoms with Gasteiger partial charge in [-0.25, -0.2) is 12.7 Å². The lowest BCUT2D eigenvalue weighted by atomic mass is 10.2. The first-order valence-corrected chi connectivity index (χ1v) is 10.3. The molecule has 1 N–H and O–H groups in total. The number of ether oxygens (including phenoxy) is 2. The van der Waals surface area contributed by atoms with Crippen LogP contribution in [0.15, 0.2) is 53.4 Å². The van der Waals surface area contributed by atoms with Gasteiger partial charge in [-0.1, -0.05) is 24.3 Å². The second-order valence-electron chi connectivity index (χ2n) is 6.43. The molecule has 0 aromatic heterocycles. The molecule has 27 heavy (non-hydrogen) atoms. The number of rotatable bonds is 6. The normalized spacial score (nSPS) is 19.8. The van der Waals surface area contributed by atoms with E-state index in [-0.39, 0.29) is 23.1 Å². The molecule has 8 heteroatoms. The van der Waals surface area contributed by atoms with E-state index in [0.29, 0.717) is 26.1 Å². The number of benzene rings is 2. The van der Waals surface area contributed by atoms with E-state index in [2.05, 4.69) is 5.32 Å². The first-order valence-electron chi connectivity index (χ1n) is 8.82. The summed E-state index contributed by atoms with van der Waals surface area (Å²) < 4.78 is 37.4. The molecule has 0 spiro atoms. The van der Waals surface area contributed by atoms with E-state index in [1.54, 1.807) is 18.2 Å². The maximum atomic E-state index is 12.5. The van der Waals surface area contributed by atoms with E-state index in [4.69, 9.17) is 9.47 Å². The Hall–Kier alpha value is -2.58. The predicted octanol–water partition coefficient (Wildman–Crippen LogP) is 1.65. The molecule has 1 unspecified atom stereocenters. The van der Waals surface area contributed by atoms with E-state index in [9.17, 15) is 13.2 Å². The molecule has 0 radical (unpaired) electrons. The SMILES string of the molecule is O=C1c2ccccc2S(=O)(=O)N1CCCNCC1COc2ccccc2O1. The zero-order chi connectivity index (χ0) is 18.9. The highest BCUT2D eigenvalue weighted by Gasteiger charge is 2.40. The molecule has 0 saturated carbocycles. The Labute approximate surface area is 157 Å². The van der Waals surface area contributed by atoms with E-state index < -0.39 is 15.9 Å². The van der Waals surface area contributed by atoms with Crippen LogP contribution in [-0.4, -0.2) is 51.0 Å². The Bertz CT molecular complexity index is 960. The zero-order valence-corrected chi connectivity index (χ0v) is 15.4. The predicted molar refractivity (Wildman–Crippen MR) is 98.5 cm³/mol. The van der Waals surface area contributed by atoms with Crippen LogP contribution < -0.4 is 14.8 Å². The molecular formula is C19H20N2O5S. The third-order valence-corrected chi connectivity index (χ3v) is 6.41. The minimum atomic E-state index is -3.73. The van der Waals surface area contributed by atoms with Crippen LogP contribution in [0.25, 0.3) is 0 Å². The molecule has 142 valence electrons. The fourth-order valence-electron chi connectivity index (χ4n) is 3.23. The van der Waals surface area contributed by atoms with Crippen LogP contribution >= 0.6 is 0 Å². The molecule has 7 nitrogen and oxygen atoms in total. The van der Waals surface area contributed by atoms with E-state index >= 15 is 0 Å². The van der Waals surface area contributed by atoms with Crippen LogP contribution in [0, 0.1) is 0 Å². The molecule has 2 aliphatic rings. The summed E-state index contributed by atoms with van der Waals surface area (Å²) in [6.45, 7) is 1.75. The summed E-state index contributed by atoms with van der Waals surface area (Å²) >= 11 is 0. The molecule has 0 fully saturated rings. The lowest BCUT2D eigenvalue weighted by Gasteiger charge is -2.26. The molecular weight excluding hydrogens is 368 g/mol. The molecule has 2 heterocycles. The topological polar surface area (TPSA) is 84.9 Å². The summed E-state index contributed by atoms with van der Waals surface area (Å²) in [5.41, 5.74) is 0.247. The number of hydrogen-bond donors (Lipinski definition) is 1. The Morgan fingerprint density at radius 1 is 1.07 bits per heavy atom. The van der Waals surface area contributed by atoms with Crippen molar-refractivity contribution in [3.63, 3.8) is 0 Å². The van der Waals surface area contributed by atoms with Gasteiger partial charge in [-0.2, -0.15) is 0 Å². The van der Waals surface area contributed by atoms with Crippen molar-refractivity contribution in [2.24, 2.45) is 0 Å². The third-order valence-electron chi connectivity index (χ3n) is 4.57. The fourth-order valence-corrected chi connectivity index (χ4v) is 4.83. The van der Waals surface area contributed by atoms with E-state index in [1.165, 1.54) is 6.07 Å².